The molecule has 0 aromatic carbocycles. The smallest absolute Gasteiger partial charge is 0.323 e. The van der Waals surface area contributed by atoms with Gasteiger partial charge in [0.2, 0.25) is 0 Å². The van der Waals surface area contributed by atoms with E-state index in [0.717, 1.165) is 0 Å². The molecule has 66 valence electrons. The molecule has 0 aliphatic carbocycles. The summed E-state index contributed by atoms with van der Waals surface area (Å²) in [6.45, 7) is 5.29. The first-order valence-corrected chi connectivity index (χ1v) is 3.74. The molecule has 0 spiro atoms. The zero-order valence-corrected chi connectivity index (χ0v) is 7.63. The van der Waals surface area contributed by atoms with Crippen LogP contribution in [0.3, 0.4) is 0 Å². The highest BCUT2D eigenvalue weighted by atomic mass is 16.7. The van der Waals surface area contributed by atoms with Gasteiger partial charge in [-0.3, -0.25) is 4.84 Å². The van der Waals surface area contributed by atoms with Crippen LogP contribution in [-0.4, -0.2) is 43.2 Å². The zero-order valence-electron chi connectivity index (χ0n) is 7.63. The van der Waals surface area contributed by atoms with Crippen LogP contribution in [-0.2, 0) is 4.84 Å². The molecule has 0 saturated heterocycles. The van der Waals surface area contributed by atoms with E-state index >= 15 is 0 Å². The van der Waals surface area contributed by atoms with Gasteiger partial charge in [-0.25, -0.2) is 9.86 Å². The average Bonchev–Trinajstić information content (AvgIpc) is 2.05. The molecule has 0 saturated carbocycles. The van der Waals surface area contributed by atoms with Crippen molar-refractivity contribution in [1.82, 2.24) is 9.96 Å². The summed E-state index contributed by atoms with van der Waals surface area (Å²) in [7, 11) is 3.07. The zero-order chi connectivity index (χ0) is 8.85. The Hall–Kier alpha value is -0.770. The van der Waals surface area contributed by atoms with Crippen molar-refractivity contribution in [3.05, 3.63) is 0 Å². The lowest BCUT2D eigenvalue weighted by atomic mass is 10.5. The third kappa shape index (κ3) is 2.76. The van der Waals surface area contributed by atoms with E-state index < -0.39 is 0 Å². The number of rotatable bonds is 3. The van der Waals surface area contributed by atoms with E-state index in [4.69, 9.17) is 4.84 Å². The van der Waals surface area contributed by atoms with Gasteiger partial charge in [0, 0.05) is 20.1 Å². The number of urea groups is 1. The molecule has 0 aromatic rings. The highest BCUT2D eigenvalue weighted by Gasteiger charge is 2.13. The molecule has 4 nitrogen and oxygen atoms in total. The maximum absolute atomic E-state index is 11.3. The van der Waals surface area contributed by atoms with Crippen LogP contribution in [0.2, 0.25) is 0 Å². The number of carbonyl (C=O) groups excluding carboxylic acids is 1. The minimum absolute atomic E-state index is 0.0995. The lowest BCUT2D eigenvalue weighted by Crippen LogP contribution is -2.40. The van der Waals surface area contributed by atoms with E-state index in [0.29, 0.717) is 13.1 Å². The Morgan fingerprint density at radius 2 is 1.82 bits per heavy atom. The molecule has 0 rings (SSSR count). The predicted octanol–water partition coefficient (Wildman–Crippen LogP) is 0.941. The van der Waals surface area contributed by atoms with Gasteiger partial charge >= 0.3 is 6.03 Å². The van der Waals surface area contributed by atoms with Crippen molar-refractivity contribution in [2.75, 3.05) is 27.2 Å². The lowest BCUT2D eigenvalue weighted by Gasteiger charge is -2.23. The molecule has 0 heterocycles. The first kappa shape index (κ1) is 10.2. The Morgan fingerprint density at radius 3 is 2.09 bits per heavy atom. The first-order valence-electron chi connectivity index (χ1n) is 3.74. The standard InChI is InChI=1S/C7H16N2O2/c1-5-9(6-2)7(10)8(3)11-4/h5-6H2,1-4H3. The van der Waals surface area contributed by atoms with Crippen LogP contribution in [0.4, 0.5) is 4.79 Å². The van der Waals surface area contributed by atoms with Gasteiger partial charge in [0.1, 0.15) is 0 Å². The van der Waals surface area contributed by atoms with E-state index in [1.807, 2.05) is 13.8 Å². The summed E-state index contributed by atoms with van der Waals surface area (Å²) in [6.07, 6.45) is 0. The van der Waals surface area contributed by atoms with E-state index in [9.17, 15) is 4.79 Å². The van der Waals surface area contributed by atoms with E-state index in [-0.39, 0.29) is 6.03 Å². The summed E-state index contributed by atoms with van der Waals surface area (Å²) in [5.41, 5.74) is 0. The Morgan fingerprint density at radius 1 is 1.36 bits per heavy atom. The molecular weight excluding hydrogens is 144 g/mol. The van der Waals surface area contributed by atoms with Crippen LogP contribution in [0, 0.1) is 0 Å². The van der Waals surface area contributed by atoms with Crippen molar-refractivity contribution in [2.45, 2.75) is 13.8 Å². The van der Waals surface area contributed by atoms with Gasteiger partial charge in [0.05, 0.1) is 7.11 Å². The van der Waals surface area contributed by atoms with Gasteiger partial charge in [0.25, 0.3) is 0 Å². The van der Waals surface area contributed by atoms with Crippen molar-refractivity contribution >= 4 is 6.03 Å². The van der Waals surface area contributed by atoms with Gasteiger partial charge in [-0.2, -0.15) is 0 Å². The second-order valence-corrected chi connectivity index (χ2v) is 2.13. The Labute approximate surface area is 67.7 Å². The molecule has 0 fully saturated rings. The number of nitrogens with zero attached hydrogens (tertiary/aromatic N) is 2. The third-order valence-corrected chi connectivity index (χ3v) is 1.58. The molecule has 0 bridgehead atoms. The summed E-state index contributed by atoms with van der Waals surface area (Å²) in [5, 5.41) is 1.22. The number of hydrogen-bond donors (Lipinski definition) is 0. The summed E-state index contributed by atoms with van der Waals surface area (Å²) < 4.78 is 0. The summed E-state index contributed by atoms with van der Waals surface area (Å²) in [4.78, 5) is 17.7. The fourth-order valence-electron chi connectivity index (χ4n) is 0.771. The van der Waals surface area contributed by atoms with Crippen LogP contribution in [0.5, 0.6) is 0 Å². The van der Waals surface area contributed by atoms with Crippen LogP contribution < -0.4 is 0 Å². The number of amides is 2. The molecular formula is C7H16N2O2. The maximum Gasteiger partial charge on any atom is 0.343 e. The van der Waals surface area contributed by atoms with Gasteiger partial charge in [-0.15, -0.1) is 0 Å². The normalized spacial score (nSPS) is 9.45. The van der Waals surface area contributed by atoms with Crippen molar-refractivity contribution in [1.29, 1.82) is 0 Å². The lowest BCUT2D eigenvalue weighted by molar-refractivity contribution is -0.0753. The van der Waals surface area contributed by atoms with E-state index in [2.05, 4.69) is 0 Å². The van der Waals surface area contributed by atoms with Gasteiger partial charge < -0.3 is 4.90 Å². The fraction of sp³-hybridized carbons (Fsp3) is 0.857. The molecule has 0 aliphatic rings. The van der Waals surface area contributed by atoms with Crippen LogP contribution in [0.15, 0.2) is 0 Å². The SMILES string of the molecule is CCN(CC)C(=O)N(C)OC. The highest BCUT2D eigenvalue weighted by molar-refractivity contribution is 5.72. The summed E-state index contributed by atoms with van der Waals surface area (Å²) in [5.74, 6) is 0. The van der Waals surface area contributed by atoms with Gasteiger partial charge in [-0.05, 0) is 13.8 Å². The topological polar surface area (TPSA) is 32.8 Å². The number of hydroxylamine groups is 2. The second kappa shape index (κ2) is 4.96. The molecule has 0 atom stereocenters. The van der Waals surface area contributed by atoms with E-state index in [1.54, 1.807) is 11.9 Å². The largest absolute Gasteiger partial charge is 0.343 e. The molecule has 0 aromatic heterocycles. The highest BCUT2D eigenvalue weighted by Crippen LogP contribution is 1.95. The molecule has 0 radical (unpaired) electrons. The van der Waals surface area contributed by atoms with Gasteiger partial charge in [0.15, 0.2) is 0 Å². The van der Waals surface area contributed by atoms with Crippen LogP contribution >= 0.6 is 0 Å². The van der Waals surface area contributed by atoms with Crippen molar-refractivity contribution < 1.29 is 9.63 Å². The van der Waals surface area contributed by atoms with Gasteiger partial charge in [-0.1, -0.05) is 0 Å². The molecule has 0 unspecified atom stereocenters. The molecule has 11 heavy (non-hydrogen) atoms. The maximum atomic E-state index is 11.3. The molecule has 0 N–H and O–H groups in total. The minimum atomic E-state index is -0.0995. The Kier molecular flexibility index (Phi) is 4.61. The second-order valence-electron chi connectivity index (χ2n) is 2.13. The predicted molar refractivity (Wildman–Crippen MR) is 43.1 cm³/mol. The first-order chi connectivity index (χ1) is 5.17. The number of carbonyl (C=O) groups is 1. The average molecular weight is 160 g/mol. The Balaban J connectivity index is 3.97. The molecule has 0 aliphatic heterocycles. The van der Waals surface area contributed by atoms with Crippen LogP contribution in [0.25, 0.3) is 0 Å². The third-order valence-electron chi connectivity index (χ3n) is 1.58. The minimum Gasteiger partial charge on any atom is -0.323 e. The summed E-state index contributed by atoms with van der Waals surface area (Å²) >= 11 is 0. The van der Waals surface area contributed by atoms with Crippen molar-refractivity contribution in [3.8, 4) is 0 Å². The number of hydrogen-bond acceptors (Lipinski definition) is 2. The Bertz CT molecular complexity index is 124. The summed E-state index contributed by atoms with van der Waals surface area (Å²) in [6, 6.07) is -0.0995. The molecule has 4 heteroatoms. The van der Waals surface area contributed by atoms with Crippen molar-refractivity contribution in [3.63, 3.8) is 0 Å². The molecule has 2 amide bonds. The van der Waals surface area contributed by atoms with Crippen molar-refractivity contribution in [2.24, 2.45) is 0 Å². The van der Waals surface area contributed by atoms with E-state index in [1.165, 1.54) is 12.2 Å². The fourth-order valence-corrected chi connectivity index (χ4v) is 0.771. The monoisotopic (exact) mass is 160 g/mol. The quantitative estimate of drug-likeness (QED) is 0.576. The van der Waals surface area contributed by atoms with Crippen LogP contribution in [0.1, 0.15) is 13.8 Å².